The van der Waals surface area contributed by atoms with Crippen molar-refractivity contribution in [3.8, 4) is 0 Å². The predicted molar refractivity (Wildman–Crippen MR) is 110 cm³/mol. The fraction of sp³-hybridized carbons (Fsp3) is 0.304. The van der Waals surface area contributed by atoms with Crippen LogP contribution in [0, 0.1) is 13.8 Å². The molecule has 0 spiro atoms. The number of hydrogen-bond donors (Lipinski definition) is 1. The highest BCUT2D eigenvalue weighted by Gasteiger charge is 2.25. The number of nitrogens with one attached hydrogen (secondary N) is 1. The first-order valence-electron chi connectivity index (χ1n) is 9.57. The van der Waals surface area contributed by atoms with Crippen LogP contribution in [0.3, 0.4) is 0 Å². The van der Waals surface area contributed by atoms with Crippen molar-refractivity contribution in [3.05, 3.63) is 70.4 Å². The Kier molecular flexibility index (Phi) is 4.66. The molecule has 138 valence electrons. The number of amides is 1. The number of aryl methyl sites for hydroxylation is 2. The number of hydrogen-bond acceptors (Lipinski definition) is 3. The Hall–Kier alpha value is -2.72. The minimum atomic E-state index is -0.0483. The minimum absolute atomic E-state index is 0.0483. The van der Waals surface area contributed by atoms with Crippen LogP contribution in [0.1, 0.15) is 39.7 Å². The van der Waals surface area contributed by atoms with Gasteiger partial charge >= 0.3 is 0 Å². The van der Waals surface area contributed by atoms with Gasteiger partial charge in [0.25, 0.3) is 5.91 Å². The number of nitrogens with zero attached hydrogens (tertiary/aromatic N) is 2. The van der Waals surface area contributed by atoms with Gasteiger partial charge in [-0.25, -0.2) is 0 Å². The Morgan fingerprint density at radius 1 is 1.15 bits per heavy atom. The average molecular weight is 359 g/mol. The van der Waals surface area contributed by atoms with Crippen LogP contribution >= 0.6 is 0 Å². The zero-order chi connectivity index (χ0) is 19.0. The van der Waals surface area contributed by atoms with Gasteiger partial charge in [0.05, 0.1) is 11.1 Å². The topological polar surface area (TPSA) is 45.2 Å². The molecule has 2 aromatic carbocycles. The number of carbonyl (C=O) groups is 1. The van der Waals surface area contributed by atoms with E-state index in [1.54, 1.807) is 0 Å². The Morgan fingerprint density at radius 3 is 2.63 bits per heavy atom. The van der Waals surface area contributed by atoms with Crippen LogP contribution in [0.2, 0.25) is 0 Å². The van der Waals surface area contributed by atoms with Gasteiger partial charge in [0.1, 0.15) is 0 Å². The summed E-state index contributed by atoms with van der Waals surface area (Å²) in [4.78, 5) is 20.6. The van der Waals surface area contributed by atoms with Gasteiger partial charge < -0.3 is 5.32 Å². The molecule has 4 nitrogen and oxygen atoms in total. The molecule has 1 aliphatic heterocycles. The van der Waals surface area contributed by atoms with Crippen LogP contribution in [-0.4, -0.2) is 28.9 Å². The number of aromatic nitrogens is 1. The van der Waals surface area contributed by atoms with Gasteiger partial charge in [-0.15, -0.1) is 0 Å². The van der Waals surface area contributed by atoms with Crippen molar-refractivity contribution < 1.29 is 4.79 Å². The Balaban J connectivity index is 1.82. The second-order valence-electron chi connectivity index (χ2n) is 7.38. The molecular weight excluding hydrogens is 334 g/mol. The van der Waals surface area contributed by atoms with Gasteiger partial charge in [0, 0.05) is 41.8 Å². The summed E-state index contributed by atoms with van der Waals surface area (Å²) < 4.78 is 0. The number of carbonyl (C=O) groups excluding carboxylic acids is 1. The molecule has 0 bridgehead atoms. The van der Waals surface area contributed by atoms with E-state index in [0.717, 1.165) is 70.6 Å². The molecule has 0 aliphatic carbocycles. The molecule has 0 fully saturated rings. The van der Waals surface area contributed by atoms with E-state index in [1.165, 1.54) is 0 Å². The van der Waals surface area contributed by atoms with Crippen molar-refractivity contribution in [1.82, 2.24) is 9.88 Å². The fourth-order valence-electron chi connectivity index (χ4n) is 4.02. The van der Waals surface area contributed by atoms with E-state index in [4.69, 9.17) is 4.98 Å². The summed E-state index contributed by atoms with van der Waals surface area (Å²) in [6, 6.07) is 14.1. The molecule has 0 radical (unpaired) electrons. The zero-order valence-electron chi connectivity index (χ0n) is 16.2. The number of pyridine rings is 1. The van der Waals surface area contributed by atoms with E-state index in [9.17, 15) is 4.79 Å². The van der Waals surface area contributed by atoms with E-state index in [2.05, 4.69) is 23.2 Å². The normalized spacial score (nSPS) is 14.2. The lowest BCUT2D eigenvalue weighted by Crippen LogP contribution is -2.33. The first-order valence-corrected chi connectivity index (χ1v) is 9.57. The molecule has 0 saturated carbocycles. The Morgan fingerprint density at radius 2 is 1.89 bits per heavy atom. The molecule has 1 amide bonds. The number of fused-ring (bicyclic) bond motifs is 2. The summed E-state index contributed by atoms with van der Waals surface area (Å²) >= 11 is 0. The largest absolute Gasteiger partial charge is 0.322 e. The SMILES string of the molecule is CCN1CCc2nc3ccccc3c(C(=O)Nc3cc(C)cc(C)c3)c2C1. The number of anilines is 1. The molecule has 0 atom stereocenters. The maximum Gasteiger partial charge on any atom is 0.256 e. The van der Waals surface area contributed by atoms with Gasteiger partial charge in [0.2, 0.25) is 0 Å². The van der Waals surface area contributed by atoms with E-state index < -0.39 is 0 Å². The van der Waals surface area contributed by atoms with Gasteiger partial charge in [-0.2, -0.15) is 0 Å². The molecular formula is C23H25N3O. The van der Waals surface area contributed by atoms with E-state index in [-0.39, 0.29) is 5.91 Å². The lowest BCUT2D eigenvalue weighted by atomic mass is 9.95. The number of benzene rings is 2. The smallest absolute Gasteiger partial charge is 0.256 e. The van der Waals surface area contributed by atoms with Gasteiger partial charge in [-0.3, -0.25) is 14.7 Å². The van der Waals surface area contributed by atoms with Crippen LogP contribution in [0.4, 0.5) is 5.69 Å². The summed E-state index contributed by atoms with van der Waals surface area (Å²) in [5, 5.41) is 4.06. The first-order chi connectivity index (χ1) is 13.0. The molecule has 27 heavy (non-hydrogen) atoms. The van der Waals surface area contributed by atoms with Crippen LogP contribution in [0.5, 0.6) is 0 Å². The van der Waals surface area contributed by atoms with Crippen molar-refractivity contribution in [1.29, 1.82) is 0 Å². The molecule has 0 saturated heterocycles. The second-order valence-corrected chi connectivity index (χ2v) is 7.38. The van der Waals surface area contributed by atoms with Crippen LogP contribution in [0.25, 0.3) is 10.9 Å². The lowest BCUT2D eigenvalue weighted by molar-refractivity contribution is 0.102. The van der Waals surface area contributed by atoms with E-state index in [1.807, 2.05) is 50.2 Å². The van der Waals surface area contributed by atoms with Crippen molar-refractivity contribution in [3.63, 3.8) is 0 Å². The summed E-state index contributed by atoms with van der Waals surface area (Å²) in [6.45, 7) is 9.00. The standard InChI is InChI=1S/C23H25N3O/c1-4-26-10-9-21-19(14-26)22(18-7-5-6-8-20(18)25-21)23(27)24-17-12-15(2)11-16(3)13-17/h5-8,11-13H,4,9-10,14H2,1-3H3,(H,24,27). The van der Waals surface area contributed by atoms with Crippen LogP contribution < -0.4 is 5.32 Å². The van der Waals surface area contributed by atoms with Gasteiger partial charge in [-0.05, 0) is 49.7 Å². The first kappa shape index (κ1) is 17.7. The third-order valence-corrected chi connectivity index (χ3v) is 5.28. The van der Waals surface area contributed by atoms with E-state index >= 15 is 0 Å². The molecule has 1 aliphatic rings. The highest BCUT2D eigenvalue weighted by Crippen LogP contribution is 2.29. The molecule has 1 N–H and O–H groups in total. The van der Waals surface area contributed by atoms with Crippen molar-refractivity contribution in [2.24, 2.45) is 0 Å². The Bertz CT molecular complexity index is 1010. The maximum absolute atomic E-state index is 13.4. The molecule has 2 heterocycles. The third-order valence-electron chi connectivity index (χ3n) is 5.28. The maximum atomic E-state index is 13.4. The molecule has 3 aromatic rings. The summed E-state index contributed by atoms with van der Waals surface area (Å²) in [5.41, 5.74) is 6.93. The number of likely N-dealkylation sites (N-methyl/N-ethyl adjacent to an activating group) is 1. The van der Waals surface area contributed by atoms with Crippen LogP contribution in [-0.2, 0) is 13.0 Å². The number of rotatable bonds is 3. The minimum Gasteiger partial charge on any atom is -0.322 e. The highest BCUT2D eigenvalue weighted by molar-refractivity contribution is 6.13. The monoisotopic (exact) mass is 359 g/mol. The molecule has 0 unspecified atom stereocenters. The van der Waals surface area contributed by atoms with Crippen LogP contribution in [0.15, 0.2) is 42.5 Å². The fourth-order valence-corrected chi connectivity index (χ4v) is 4.02. The van der Waals surface area contributed by atoms with Crippen molar-refractivity contribution >= 4 is 22.5 Å². The summed E-state index contributed by atoms with van der Waals surface area (Å²) in [7, 11) is 0. The average Bonchev–Trinajstić information content (AvgIpc) is 2.64. The third kappa shape index (κ3) is 3.45. The summed E-state index contributed by atoms with van der Waals surface area (Å²) in [6.07, 6.45) is 0.887. The lowest BCUT2D eigenvalue weighted by Gasteiger charge is -2.29. The number of para-hydroxylation sites is 1. The van der Waals surface area contributed by atoms with E-state index in [0.29, 0.717) is 0 Å². The van der Waals surface area contributed by atoms with Gasteiger partial charge in [-0.1, -0.05) is 31.2 Å². The highest BCUT2D eigenvalue weighted by atomic mass is 16.1. The quantitative estimate of drug-likeness (QED) is 0.750. The Labute approximate surface area is 160 Å². The zero-order valence-corrected chi connectivity index (χ0v) is 16.2. The second kappa shape index (κ2) is 7.12. The summed E-state index contributed by atoms with van der Waals surface area (Å²) in [5.74, 6) is -0.0483. The van der Waals surface area contributed by atoms with Crippen molar-refractivity contribution in [2.75, 3.05) is 18.4 Å². The predicted octanol–water partition coefficient (Wildman–Crippen LogP) is 4.48. The molecule has 4 rings (SSSR count). The molecule has 1 aromatic heterocycles. The van der Waals surface area contributed by atoms with Crippen molar-refractivity contribution in [2.45, 2.75) is 33.7 Å². The molecule has 4 heteroatoms. The van der Waals surface area contributed by atoms with Gasteiger partial charge in [0.15, 0.2) is 0 Å².